The smallest absolute Gasteiger partial charge is 0.372 e. The molecule has 2 aromatic carbocycles. The number of benzene rings is 2. The van der Waals surface area contributed by atoms with Crippen LogP contribution in [0.4, 0.5) is 4.79 Å². The fourth-order valence-corrected chi connectivity index (χ4v) is 4.98. The highest BCUT2D eigenvalue weighted by Gasteiger charge is 2.22. The maximum atomic E-state index is 11.3. The van der Waals surface area contributed by atoms with Gasteiger partial charge in [-0.25, -0.2) is 4.79 Å². The summed E-state index contributed by atoms with van der Waals surface area (Å²) in [4.78, 5) is 12.3. The third-order valence-corrected chi connectivity index (χ3v) is 6.63. The van der Waals surface area contributed by atoms with E-state index in [2.05, 4.69) is 35.6 Å². The second-order valence-corrected chi connectivity index (χ2v) is 8.47. The lowest BCUT2D eigenvalue weighted by Gasteiger charge is -2.27. The van der Waals surface area contributed by atoms with E-state index in [-0.39, 0.29) is 5.30 Å². The largest absolute Gasteiger partial charge is 0.496 e. The molecule has 1 aliphatic heterocycles. The minimum atomic E-state index is -0.205. The van der Waals surface area contributed by atoms with Crippen LogP contribution in [0.3, 0.4) is 0 Å². The van der Waals surface area contributed by atoms with E-state index in [1.165, 1.54) is 41.3 Å². The van der Waals surface area contributed by atoms with Crippen molar-refractivity contribution in [2.75, 3.05) is 20.2 Å². The number of cyclic esters (lactones) is 1. The zero-order valence-electron chi connectivity index (χ0n) is 16.3. The van der Waals surface area contributed by atoms with Crippen LogP contribution in [-0.4, -0.2) is 25.5 Å². The van der Waals surface area contributed by atoms with E-state index < -0.39 is 0 Å². The second-order valence-electron chi connectivity index (χ2n) is 7.49. The van der Waals surface area contributed by atoms with E-state index in [4.69, 9.17) is 9.47 Å². The van der Waals surface area contributed by atoms with Crippen molar-refractivity contribution in [1.29, 1.82) is 0 Å². The van der Waals surface area contributed by atoms with Crippen molar-refractivity contribution in [3.63, 3.8) is 0 Å². The van der Waals surface area contributed by atoms with E-state index in [0.29, 0.717) is 12.5 Å². The van der Waals surface area contributed by atoms with Gasteiger partial charge < -0.3 is 14.8 Å². The van der Waals surface area contributed by atoms with Gasteiger partial charge in [0.05, 0.1) is 7.11 Å². The molecule has 28 heavy (non-hydrogen) atoms. The van der Waals surface area contributed by atoms with E-state index in [9.17, 15) is 4.79 Å². The molecule has 1 atom stereocenters. The molecule has 0 radical (unpaired) electrons. The quantitative estimate of drug-likeness (QED) is 0.521. The van der Waals surface area contributed by atoms with Crippen LogP contribution in [0, 0.1) is 0 Å². The average Bonchev–Trinajstić information content (AvgIpc) is 2.73. The van der Waals surface area contributed by atoms with Gasteiger partial charge in [0.25, 0.3) is 0 Å². The summed E-state index contributed by atoms with van der Waals surface area (Å²) in [5, 5.41) is 3.40. The number of hydrogen-bond acceptors (Lipinski definition) is 5. The van der Waals surface area contributed by atoms with Crippen LogP contribution in [0.1, 0.15) is 47.4 Å². The van der Waals surface area contributed by atoms with E-state index in [1.54, 1.807) is 7.11 Å². The Bertz CT molecular complexity index is 852. The SMILES string of the molecule is COc1cccc2c1CCCC2CCNCCc1ccc2c(c1)COC(=O)S2. The van der Waals surface area contributed by atoms with Gasteiger partial charge in [-0.3, -0.25) is 0 Å². The molecule has 0 fully saturated rings. The first-order chi connectivity index (χ1) is 13.7. The number of hydrogen-bond donors (Lipinski definition) is 1. The van der Waals surface area contributed by atoms with E-state index in [0.717, 1.165) is 48.6 Å². The Morgan fingerprint density at radius 3 is 3.07 bits per heavy atom. The lowest BCUT2D eigenvalue weighted by molar-refractivity contribution is 0.165. The summed E-state index contributed by atoms with van der Waals surface area (Å²) in [6.07, 6.45) is 5.80. The Balaban J connectivity index is 1.26. The second kappa shape index (κ2) is 9.01. The highest BCUT2D eigenvalue weighted by atomic mass is 32.2. The maximum Gasteiger partial charge on any atom is 0.372 e. The molecular weight excluding hydrogens is 370 g/mol. The minimum Gasteiger partial charge on any atom is -0.496 e. The van der Waals surface area contributed by atoms with Crippen LogP contribution in [-0.2, 0) is 24.2 Å². The summed E-state index contributed by atoms with van der Waals surface area (Å²) in [5.41, 5.74) is 5.30. The summed E-state index contributed by atoms with van der Waals surface area (Å²) in [6.45, 7) is 2.39. The number of fused-ring (bicyclic) bond motifs is 2. The van der Waals surface area contributed by atoms with Crippen molar-refractivity contribution < 1.29 is 14.3 Å². The monoisotopic (exact) mass is 397 g/mol. The molecule has 0 saturated heterocycles. The first-order valence-electron chi connectivity index (χ1n) is 10.1. The normalized spacial score (nSPS) is 18.2. The Morgan fingerprint density at radius 1 is 1.25 bits per heavy atom. The van der Waals surface area contributed by atoms with Gasteiger partial charge in [0, 0.05) is 10.5 Å². The van der Waals surface area contributed by atoms with Crippen LogP contribution in [0.2, 0.25) is 0 Å². The van der Waals surface area contributed by atoms with Crippen molar-refractivity contribution >= 4 is 17.1 Å². The van der Waals surface area contributed by atoms with Gasteiger partial charge in [-0.1, -0.05) is 24.3 Å². The van der Waals surface area contributed by atoms with Gasteiger partial charge >= 0.3 is 5.30 Å². The molecule has 1 N–H and O–H groups in total. The Morgan fingerprint density at radius 2 is 2.18 bits per heavy atom. The standard InChI is InChI=1S/C23H27NO3S/c1-26-21-7-3-5-19-17(4-2-6-20(19)21)11-13-24-12-10-16-8-9-22-18(14-16)15-27-23(25)28-22/h3,5,7-9,14,17,24H,2,4,6,10-13,15H2,1H3. The van der Waals surface area contributed by atoms with Gasteiger partial charge in [0.2, 0.25) is 0 Å². The maximum absolute atomic E-state index is 11.3. The van der Waals surface area contributed by atoms with Crippen molar-refractivity contribution in [3.8, 4) is 5.75 Å². The van der Waals surface area contributed by atoms with Crippen LogP contribution < -0.4 is 10.1 Å². The third-order valence-electron chi connectivity index (χ3n) is 5.73. The molecule has 0 bridgehead atoms. The number of carbonyl (C=O) groups is 1. The predicted octanol–water partition coefficient (Wildman–Crippen LogP) is 5.08. The highest BCUT2D eigenvalue weighted by Crippen LogP contribution is 2.38. The predicted molar refractivity (Wildman–Crippen MR) is 112 cm³/mol. The summed E-state index contributed by atoms with van der Waals surface area (Å²) >= 11 is 1.18. The molecule has 0 aromatic heterocycles. The van der Waals surface area contributed by atoms with Gasteiger partial charge in [-0.05, 0) is 91.7 Å². The molecule has 0 saturated carbocycles. The first-order valence-corrected chi connectivity index (χ1v) is 10.9. The lowest BCUT2D eigenvalue weighted by Crippen LogP contribution is -2.22. The number of methoxy groups -OCH3 is 1. The van der Waals surface area contributed by atoms with Crippen molar-refractivity contribution in [2.45, 2.75) is 49.5 Å². The number of thioether (sulfide) groups is 1. The van der Waals surface area contributed by atoms with Gasteiger partial charge in [0.1, 0.15) is 12.4 Å². The van der Waals surface area contributed by atoms with Crippen molar-refractivity contribution in [3.05, 3.63) is 58.7 Å². The molecule has 2 aromatic rings. The molecule has 1 aliphatic carbocycles. The third kappa shape index (κ3) is 4.36. The minimum absolute atomic E-state index is 0.205. The molecule has 4 rings (SSSR count). The molecule has 4 nitrogen and oxygen atoms in total. The number of rotatable bonds is 7. The average molecular weight is 398 g/mol. The van der Waals surface area contributed by atoms with Crippen LogP contribution in [0.25, 0.3) is 0 Å². The van der Waals surface area contributed by atoms with Gasteiger partial charge in [-0.2, -0.15) is 0 Å². The van der Waals surface area contributed by atoms with Gasteiger partial charge in [-0.15, -0.1) is 0 Å². The summed E-state index contributed by atoms with van der Waals surface area (Å²) < 4.78 is 10.7. The molecule has 148 valence electrons. The topological polar surface area (TPSA) is 47.6 Å². The summed E-state index contributed by atoms with van der Waals surface area (Å²) in [6, 6.07) is 12.8. The Kier molecular flexibility index (Phi) is 6.23. The summed E-state index contributed by atoms with van der Waals surface area (Å²) in [5.74, 6) is 1.67. The number of carbonyl (C=O) groups excluding carboxylic acids is 1. The first kappa shape index (κ1) is 19.3. The van der Waals surface area contributed by atoms with Gasteiger partial charge in [0.15, 0.2) is 0 Å². The fourth-order valence-electron chi connectivity index (χ4n) is 4.30. The molecular formula is C23H27NO3S. The number of ether oxygens (including phenoxy) is 2. The van der Waals surface area contributed by atoms with Crippen LogP contribution in [0.15, 0.2) is 41.3 Å². The summed E-state index contributed by atoms with van der Waals surface area (Å²) in [7, 11) is 1.77. The lowest BCUT2D eigenvalue weighted by atomic mass is 9.80. The van der Waals surface area contributed by atoms with E-state index >= 15 is 0 Å². The number of nitrogens with one attached hydrogen (secondary N) is 1. The molecule has 1 heterocycles. The Labute approximate surface area is 171 Å². The van der Waals surface area contributed by atoms with Crippen LogP contribution in [0.5, 0.6) is 5.75 Å². The van der Waals surface area contributed by atoms with Crippen LogP contribution >= 0.6 is 11.8 Å². The Hall–Kier alpha value is -1.98. The molecule has 2 aliphatic rings. The molecule has 0 spiro atoms. The zero-order chi connectivity index (χ0) is 19.3. The van der Waals surface area contributed by atoms with Crippen molar-refractivity contribution in [1.82, 2.24) is 5.32 Å². The molecule has 0 amide bonds. The fraction of sp³-hybridized carbons (Fsp3) is 0.435. The van der Waals surface area contributed by atoms with E-state index in [1.807, 2.05) is 6.07 Å². The molecule has 5 heteroatoms. The highest BCUT2D eigenvalue weighted by molar-refractivity contribution is 8.13. The molecule has 1 unspecified atom stereocenters. The zero-order valence-corrected chi connectivity index (χ0v) is 17.1. The van der Waals surface area contributed by atoms with Crippen molar-refractivity contribution in [2.24, 2.45) is 0 Å².